The number of hydrogen-bond donors (Lipinski definition) is 3. The highest BCUT2D eigenvalue weighted by molar-refractivity contribution is 6.10. The van der Waals surface area contributed by atoms with Gasteiger partial charge in [0.15, 0.2) is 0 Å². The molecular weight excluding hydrogens is 653 g/mol. The van der Waals surface area contributed by atoms with Crippen LogP contribution in [0.2, 0.25) is 0 Å². The summed E-state index contributed by atoms with van der Waals surface area (Å²) in [7, 11) is 1.50. The summed E-state index contributed by atoms with van der Waals surface area (Å²) in [4.78, 5) is 45.5. The molecule has 1 amide bonds. The van der Waals surface area contributed by atoms with Crippen molar-refractivity contribution in [2.24, 2.45) is 7.05 Å². The molecule has 1 saturated heterocycles. The third-order valence-electron chi connectivity index (χ3n) is 8.50. The van der Waals surface area contributed by atoms with Gasteiger partial charge in [-0.3, -0.25) is 19.3 Å². The number of anilines is 3. The van der Waals surface area contributed by atoms with Gasteiger partial charge < -0.3 is 25.5 Å². The molecule has 1 aliphatic rings. The summed E-state index contributed by atoms with van der Waals surface area (Å²) < 4.78 is 28.2. The number of amides is 1. The van der Waals surface area contributed by atoms with Crippen LogP contribution >= 0.6 is 0 Å². The highest BCUT2D eigenvalue weighted by atomic mass is 19.1. The summed E-state index contributed by atoms with van der Waals surface area (Å²) >= 11 is 0. The summed E-state index contributed by atoms with van der Waals surface area (Å²) in [5.74, 6) is -1.11. The standard InChI is InChI=1S/C38H44FN7O5/c1-23(47)50-21-28-27(10-8-11-30(28)43-35(48)34-24(19-40)16-25(17-29(34)39)37(2,3)4)31-18-32(36(49)45(7)44-31)42-33-13-12-26(20-41-33)51-38(5,6)22-46-14-9-15-46/h8,10-13,16-20,40H,9,14-15,21-22H2,1-7H3,(H,41,42)(H,43,48). The third kappa shape index (κ3) is 8.84. The monoisotopic (exact) mass is 697 g/mol. The summed E-state index contributed by atoms with van der Waals surface area (Å²) in [6.07, 6.45) is 3.74. The van der Waals surface area contributed by atoms with Gasteiger partial charge in [-0.25, -0.2) is 14.1 Å². The second-order valence-corrected chi connectivity index (χ2v) is 14.3. The number of halogens is 1. The van der Waals surface area contributed by atoms with E-state index in [9.17, 15) is 14.4 Å². The van der Waals surface area contributed by atoms with E-state index in [1.807, 2.05) is 34.6 Å². The average Bonchev–Trinajstić information content (AvgIpc) is 3.04. The summed E-state index contributed by atoms with van der Waals surface area (Å²) in [5.41, 5.74) is 0.769. The Bertz CT molecular complexity index is 2020. The van der Waals surface area contributed by atoms with E-state index in [-0.39, 0.29) is 29.1 Å². The number of likely N-dealkylation sites (tertiary alicyclic amines) is 1. The molecule has 0 spiro atoms. The Morgan fingerprint density at radius 3 is 2.41 bits per heavy atom. The van der Waals surface area contributed by atoms with E-state index in [2.05, 4.69) is 25.6 Å². The number of carbonyl (C=O) groups excluding carboxylic acids is 2. The van der Waals surface area contributed by atoms with Crippen molar-refractivity contribution in [2.75, 3.05) is 30.3 Å². The van der Waals surface area contributed by atoms with Crippen LogP contribution < -0.4 is 20.9 Å². The van der Waals surface area contributed by atoms with Gasteiger partial charge in [-0.05, 0) is 80.7 Å². The molecule has 2 aromatic heterocycles. The molecule has 5 rings (SSSR count). The second-order valence-electron chi connectivity index (χ2n) is 14.3. The topological polar surface area (TPSA) is 152 Å². The van der Waals surface area contributed by atoms with Gasteiger partial charge in [0.05, 0.1) is 17.5 Å². The quantitative estimate of drug-likeness (QED) is 0.116. The average molecular weight is 698 g/mol. The van der Waals surface area contributed by atoms with E-state index in [1.165, 1.54) is 26.5 Å². The van der Waals surface area contributed by atoms with E-state index >= 15 is 4.39 Å². The van der Waals surface area contributed by atoms with Crippen LogP contribution in [0.1, 0.15) is 75.0 Å². The van der Waals surface area contributed by atoms with E-state index < -0.39 is 34.3 Å². The number of pyridine rings is 1. The van der Waals surface area contributed by atoms with Crippen LogP contribution in [0.25, 0.3) is 11.3 Å². The number of carbonyl (C=O) groups is 2. The lowest BCUT2D eigenvalue weighted by molar-refractivity contribution is -0.142. The lowest BCUT2D eigenvalue weighted by atomic mass is 9.85. The fourth-order valence-corrected chi connectivity index (χ4v) is 5.78. The highest BCUT2D eigenvalue weighted by Gasteiger charge is 2.27. The molecule has 0 atom stereocenters. The van der Waals surface area contributed by atoms with E-state index in [0.29, 0.717) is 34.0 Å². The Hall–Kier alpha value is -5.43. The zero-order chi connectivity index (χ0) is 37.1. The van der Waals surface area contributed by atoms with Crippen molar-refractivity contribution in [3.05, 3.63) is 93.2 Å². The molecule has 13 heteroatoms. The molecule has 3 heterocycles. The van der Waals surface area contributed by atoms with Crippen LogP contribution in [0.3, 0.4) is 0 Å². The summed E-state index contributed by atoms with van der Waals surface area (Å²) in [6, 6.07) is 12.9. The minimum atomic E-state index is -0.786. The Morgan fingerprint density at radius 1 is 1.06 bits per heavy atom. The molecule has 1 aliphatic heterocycles. The number of aryl methyl sites for hydroxylation is 1. The Labute approximate surface area is 296 Å². The van der Waals surface area contributed by atoms with Gasteiger partial charge in [-0.1, -0.05) is 32.9 Å². The van der Waals surface area contributed by atoms with Gasteiger partial charge in [0.25, 0.3) is 11.5 Å². The molecular formula is C38H44FN7O5. The van der Waals surface area contributed by atoms with Crippen LogP contribution in [-0.4, -0.2) is 63.0 Å². The molecule has 268 valence electrons. The summed E-state index contributed by atoms with van der Waals surface area (Å²) in [6.45, 7) is 13.7. The molecule has 0 unspecified atom stereocenters. The lowest BCUT2D eigenvalue weighted by Gasteiger charge is -2.38. The zero-order valence-electron chi connectivity index (χ0n) is 30.0. The molecule has 1 fully saturated rings. The fraction of sp³-hybridized carbons (Fsp3) is 0.368. The fourth-order valence-electron chi connectivity index (χ4n) is 5.78. The Morgan fingerprint density at radius 2 is 1.80 bits per heavy atom. The van der Waals surface area contributed by atoms with Crippen LogP contribution in [0.4, 0.5) is 21.6 Å². The van der Waals surface area contributed by atoms with Crippen molar-refractivity contribution in [3.8, 4) is 17.0 Å². The first-order chi connectivity index (χ1) is 24.0. The largest absolute Gasteiger partial charge is 0.485 e. The number of rotatable bonds is 12. The van der Waals surface area contributed by atoms with Crippen LogP contribution in [-0.2, 0) is 28.6 Å². The third-order valence-corrected chi connectivity index (χ3v) is 8.50. The number of esters is 1. The van der Waals surface area contributed by atoms with Gasteiger partial charge in [-0.15, -0.1) is 0 Å². The Kier molecular flexibility index (Phi) is 10.7. The van der Waals surface area contributed by atoms with Crippen LogP contribution in [0.5, 0.6) is 5.75 Å². The van der Waals surface area contributed by atoms with E-state index in [4.69, 9.17) is 14.9 Å². The molecule has 12 nitrogen and oxygen atoms in total. The maximum atomic E-state index is 15.4. The zero-order valence-corrected chi connectivity index (χ0v) is 30.0. The predicted molar refractivity (Wildman–Crippen MR) is 195 cm³/mol. The number of benzene rings is 2. The number of nitrogens with zero attached hydrogens (tertiary/aromatic N) is 4. The number of nitrogens with one attached hydrogen (secondary N) is 3. The highest BCUT2D eigenvalue weighted by Crippen LogP contribution is 2.32. The lowest BCUT2D eigenvalue weighted by Crippen LogP contribution is -2.48. The first-order valence-corrected chi connectivity index (χ1v) is 16.7. The molecule has 0 aliphatic carbocycles. The number of hydrogen-bond acceptors (Lipinski definition) is 10. The van der Waals surface area contributed by atoms with E-state index in [1.54, 1.807) is 48.7 Å². The maximum absolute atomic E-state index is 15.4. The van der Waals surface area contributed by atoms with Gasteiger partial charge >= 0.3 is 5.97 Å². The first kappa shape index (κ1) is 36.8. The number of ether oxygens (including phenoxy) is 2. The SMILES string of the molecule is CC(=O)OCc1c(NC(=O)c2c(F)cc(C(C)(C)C)cc2C=N)cccc1-c1cc(Nc2ccc(OC(C)(C)CN3CCC3)cn2)c(=O)n(C)n1. The molecule has 3 N–H and O–H groups in total. The van der Waals surface area contributed by atoms with Crippen molar-refractivity contribution in [1.82, 2.24) is 19.7 Å². The van der Waals surface area contributed by atoms with Crippen molar-refractivity contribution in [3.63, 3.8) is 0 Å². The molecule has 0 bridgehead atoms. The van der Waals surface area contributed by atoms with Gasteiger partial charge in [-0.2, -0.15) is 5.10 Å². The molecule has 2 aromatic carbocycles. The maximum Gasteiger partial charge on any atom is 0.302 e. The Balaban J connectivity index is 1.45. The van der Waals surface area contributed by atoms with Crippen LogP contribution in [0.15, 0.2) is 59.5 Å². The summed E-state index contributed by atoms with van der Waals surface area (Å²) in [5, 5.41) is 18.2. The molecule has 0 saturated carbocycles. The second kappa shape index (κ2) is 14.8. The van der Waals surface area contributed by atoms with Gasteiger partial charge in [0, 0.05) is 49.1 Å². The van der Waals surface area contributed by atoms with Crippen LogP contribution in [0, 0.1) is 11.2 Å². The minimum absolute atomic E-state index is 0.120. The molecule has 0 radical (unpaired) electrons. The van der Waals surface area contributed by atoms with E-state index in [0.717, 1.165) is 30.5 Å². The number of aromatic nitrogens is 3. The van der Waals surface area contributed by atoms with Crippen molar-refractivity contribution in [2.45, 2.75) is 65.6 Å². The van der Waals surface area contributed by atoms with Gasteiger partial charge in [0.1, 0.15) is 35.3 Å². The van der Waals surface area contributed by atoms with Crippen molar-refractivity contribution in [1.29, 1.82) is 5.41 Å². The first-order valence-electron chi connectivity index (χ1n) is 16.7. The molecule has 51 heavy (non-hydrogen) atoms. The molecule has 4 aromatic rings. The predicted octanol–water partition coefficient (Wildman–Crippen LogP) is 6.20. The van der Waals surface area contributed by atoms with Crippen molar-refractivity contribution < 1.29 is 23.5 Å². The minimum Gasteiger partial charge on any atom is -0.485 e. The van der Waals surface area contributed by atoms with Gasteiger partial charge in [0.2, 0.25) is 0 Å². The van der Waals surface area contributed by atoms with Crippen molar-refractivity contribution >= 4 is 35.3 Å². The normalized spacial score (nSPS) is 13.3. The smallest absolute Gasteiger partial charge is 0.302 e.